The summed E-state index contributed by atoms with van der Waals surface area (Å²) in [6.07, 6.45) is 2.79. The van der Waals surface area contributed by atoms with E-state index in [9.17, 15) is 9.59 Å². The van der Waals surface area contributed by atoms with Crippen LogP contribution in [0.25, 0.3) is 0 Å². The molecule has 6 nitrogen and oxygen atoms in total. The van der Waals surface area contributed by atoms with Gasteiger partial charge in [-0.1, -0.05) is 29.8 Å². The molecule has 1 heterocycles. The number of hydrogen-bond donors (Lipinski definition) is 2. The van der Waals surface area contributed by atoms with Gasteiger partial charge in [-0.25, -0.2) is 4.79 Å². The average molecular weight is 416 g/mol. The number of amides is 3. The van der Waals surface area contributed by atoms with Crippen LogP contribution in [0, 0.1) is 5.92 Å². The van der Waals surface area contributed by atoms with E-state index in [-0.39, 0.29) is 18.5 Å². The second kappa shape index (κ2) is 10.7. The van der Waals surface area contributed by atoms with E-state index >= 15 is 0 Å². The van der Waals surface area contributed by atoms with E-state index in [2.05, 4.69) is 10.6 Å². The van der Waals surface area contributed by atoms with Crippen LogP contribution in [0.1, 0.15) is 19.3 Å². The first kappa shape index (κ1) is 21.0. The van der Waals surface area contributed by atoms with Crippen LogP contribution < -0.4 is 15.4 Å². The van der Waals surface area contributed by atoms with Crippen molar-refractivity contribution in [3.63, 3.8) is 0 Å². The number of anilines is 1. The number of nitrogens with one attached hydrogen (secondary N) is 2. The van der Waals surface area contributed by atoms with Gasteiger partial charge in [0.05, 0.1) is 0 Å². The molecule has 7 heteroatoms. The Morgan fingerprint density at radius 2 is 1.72 bits per heavy atom. The minimum atomic E-state index is -0.139. The minimum absolute atomic E-state index is 0.0142. The van der Waals surface area contributed by atoms with E-state index in [1.165, 1.54) is 0 Å². The normalized spacial score (nSPS) is 14.3. The van der Waals surface area contributed by atoms with Gasteiger partial charge in [0.2, 0.25) is 0 Å². The van der Waals surface area contributed by atoms with Crippen molar-refractivity contribution in [2.75, 3.05) is 31.6 Å². The zero-order valence-electron chi connectivity index (χ0n) is 16.3. The number of rotatable bonds is 7. The summed E-state index contributed by atoms with van der Waals surface area (Å²) < 4.78 is 5.43. The van der Waals surface area contributed by atoms with Crippen LogP contribution >= 0.6 is 11.6 Å². The van der Waals surface area contributed by atoms with Crippen LogP contribution in [0.15, 0.2) is 54.6 Å². The molecule has 3 rings (SSSR count). The molecule has 0 aliphatic carbocycles. The number of nitrogens with zero attached hydrogens (tertiary/aromatic N) is 1. The number of urea groups is 1. The number of carbonyl (C=O) groups excluding carboxylic acids is 2. The zero-order valence-corrected chi connectivity index (χ0v) is 17.0. The van der Waals surface area contributed by atoms with Crippen LogP contribution in [0.2, 0.25) is 5.02 Å². The lowest BCUT2D eigenvalue weighted by Crippen LogP contribution is -2.41. The maximum absolute atomic E-state index is 12.3. The van der Waals surface area contributed by atoms with Crippen molar-refractivity contribution in [2.24, 2.45) is 5.92 Å². The summed E-state index contributed by atoms with van der Waals surface area (Å²) in [5.41, 5.74) is 0.808. The number of para-hydroxylation sites is 1. The quantitative estimate of drug-likeness (QED) is 0.713. The first-order valence-electron chi connectivity index (χ1n) is 9.86. The van der Waals surface area contributed by atoms with E-state index in [0.29, 0.717) is 23.2 Å². The van der Waals surface area contributed by atoms with E-state index in [0.717, 1.165) is 38.0 Å². The molecule has 0 bridgehead atoms. The number of halogens is 1. The maximum Gasteiger partial charge on any atom is 0.321 e. The van der Waals surface area contributed by atoms with E-state index < -0.39 is 0 Å². The summed E-state index contributed by atoms with van der Waals surface area (Å²) in [5, 5.41) is 6.45. The lowest BCUT2D eigenvalue weighted by molar-refractivity contribution is -0.123. The van der Waals surface area contributed by atoms with Crippen LogP contribution in [-0.2, 0) is 4.79 Å². The third-order valence-corrected chi connectivity index (χ3v) is 5.24. The SMILES string of the molecule is O=C(COc1ccc(Cl)cc1)NCCC1CCN(C(=O)Nc2ccccc2)CC1. The fraction of sp³-hybridized carbons (Fsp3) is 0.364. The van der Waals surface area contributed by atoms with Gasteiger partial charge in [0.15, 0.2) is 6.61 Å². The standard InChI is InChI=1S/C22H26ClN3O3/c23-18-6-8-20(9-7-18)29-16-21(27)24-13-10-17-11-14-26(15-12-17)22(28)25-19-4-2-1-3-5-19/h1-9,17H,10-16H2,(H,24,27)(H,25,28). The molecule has 1 fully saturated rings. The van der Waals surface area contributed by atoms with Gasteiger partial charge in [-0.05, 0) is 61.6 Å². The van der Waals surface area contributed by atoms with Crippen LogP contribution in [0.3, 0.4) is 0 Å². The lowest BCUT2D eigenvalue weighted by atomic mass is 9.94. The van der Waals surface area contributed by atoms with Crippen LogP contribution in [0.5, 0.6) is 5.75 Å². The molecule has 0 unspecified atom stereocenters. The highest BCUT2D eigenvalue weighted by molar-refractivity contribution is 6.30. The molecule has 1 saturated heterocycles. The van der Waals surface area contributed by atoms with Crippen LogP contribution in [0.4, 0.5) is 10.5 Å². The highest BCUT2D eigenvalue weighted by atomic mass is 35.5. The number of piperidine rings is 1. The summed E-state index contributed by atoms with van der Waals surface area (Å²) in [4.78, 5) is 26.1. The van der Waals surface area contributed by atoms with Crippen molar-refractivity contribution in [3.8, 4) is 5.75 Å². The van der Waals surface area contributed by atoms with E-state index in [1.54, 1.807) is 24.3 Å². The summed E-state index contributed by atoms with van der Waals surface area (Å²) in [6.45, 7) is 2.07. The predicted octanol–water partition coefficient (Wildman–Crippen LogP) is 4.17. The van der Waals surface area contributed by atoms with Gasteiger partial charge < -0.3 is 20.3 Å². The van der Waals surface area contributed by atoms with Gasteiger partial charge in [-0.3, -0.25) is 4.79 Å². The summed E-state index contributed by atoms with van der Waals surface area (Å²) in [7, 11) is 0. The Balaban J connectivity index is 1.29. The summed E-state index contributed by atoms with van der Waals surface area (Å²) in [5.74, 6) is 0.985. The number of likely N-dealkylation sites (tertiary alicyclic amines) is 1. The van der Waals surface area contributed by atoms with Gasteiger partial charge in [0, 0.05) is 30.3 Å². The fourth-order valence-electron chi connectivity index (χ4n) is 3.30. The van der Waals surface area contributed by atoms with Crippen LogP contribution in [-0.4, -0.2) is 43.1 Å². The highest BCUT2D eigenvalue weighted by Crippen LogP contribution is 2.21. The third-order valence-electron chi connectivity index (χ3n) is 4.99. The lowest BCUT2D eigenvalue weighted by Gasteiger charge is -2.32. The number of carbonyl (C=O) groups is 2. The topological polar surface area (TPSA) is 70.7 Å². The Hall–Kier alpha value is -2.73. The Kier molecular flexibility index (Phi) is 7.76. The molecule has 0 saturated carbocycles. The van der Waals surface area contributed by atoms with Crippen molar-refractivity contribution in [3.05, 3.63) is 59.6 Å². The third kappa shape index (κ3) is 6.98. The maximum atomic E-state index is 12.3. The molecule has 0 atom stereocenters. The van der Waals surface area contributed by atoms with Gasteiger partial charge in [-0.2, -0.15) is 0 Å². The number of benzene rings is 2. The molecule has 154 valence electrons. The highest BCUT2D eigenvalue weighted by Gasteiger charge is 2.22. The van der Waals surface area contributed by atoms with Crippen molar-refractivity contribution in [2.45, 2.75) is 19.3 Å². The van der Waals surface area contributed by atoms with E-state index in [4.69, 9.17) is 16.3 Å². The van der Waals surface area contributed by atoms with Gasteiger partial charge in [0.25, 0.3) is 5.91 Å². The van der Waals surface area contributed by atoms with Crippen molar-refractivity contribution in [1.29, 1.82) is 0 Å². The van der Waals surface area contributed by atoms with Gasteiger partial charge in [0.1, 0.15) is 5.75 Å². The minimum Gasteiger partial charge on any atom is -0.484 e. The molecule has 0 spiro atoms. The van der Waals surface area contributed by atoms with E-state index in [1.807, 2.05) is 35.2 Å². The molecule has 1 aliphatic rings. The molecule has 0 aromatic heterocycles. The molecular formula is C22H26ClN3O3. The smallest absolute Gasteiger partial charge is 0.321 e. The molecule has 0 radical (unpaired) electrons. The Bertz CT molecular complexity index is 791. The summed E-state index contributed by atoms with van der Waals surface area (Å²) >= 11 is 5.82. The Morgan fingerprint density at radius 1 is 1.03 bits per heavy atom. The number of hydrogen-bond acceptors (Lipinski definition) is 3. The first-order valence-corrected chi connectivity index (χ1v) is 10.2. The van der Waals surface area contributed by atoms with Gasteiger partial charge >= 0.3 is 6.03 Å². The van der Waals surface area contributed by atoms with Crippen molar-refractivity contribution < 1.29 is 14.3 Å². The molecular weight excluding hydrogens is 390 g/mol. The Labute approximate surface area is 176 Å². The number of ether oxygens (including phenoxy) is 1. The fourth-order valence-corrected chi connectivity index (χ4v) is 3.42. The predicted molar refractivity (Wildman–Crippen MR) is 114 cm³/mol. The summed E-state index contributed by atoms with van der Waals surface area (Å²) in [6, 6.07) is 16.3. The van der Waals surface area contributed by atoms with Gasteiger partial charge in [-0.15, -0.1) is 0 Å². The largest absolute Gasteiger partial charge is 0.484 e. The second-order valence-corrected chi connectivity index (χ2v) is 7.54. The molecule has 29 heavy (non-hydrogen) atoms. The molecule has 1 aliphatic heterocycles. The second-order valence-electron chi connectivity index (χ2n) is 7.11. The monoisotopic (exact) mass is 415 g/mol. The first-order chi connectivity index (χ1) is 14.1. The molecule has 2 aromatic carbocycles. The molecule has 3 amide bonds. The Morgan fingerprint density at radius 3 is 2.41 bits per heavy atom. The van der Waals surface area contributed by atoms with Crippen molar-refractivity contribution in [1.82, 2.24) is 10.2 Å². The zero-order chi connectivity index (χ0) is 20.5. The molecule has 2 N–H and O–H groups in total. The molecule has 2 aromatic rings. The average Bonchev–Trinajstić information content (AvgIpc) is 2.74. The van der Waals surface area contributed by atoms with Crippen molar-refractivity contribution >= 4 is 29.2 Å².